The van der Waals surface area contributed by atoms with Gasteiger partial charge in [0, 0.05) is 18.7 Å². The van der Waals surface area contributed by atoms with Crippen LogP contribution in [-0.4, -0.2) is 44.8 Å². The van der Waals surface area contributed by atoms with Gasteiger partial charge in [0.2, 0.25) is 0 Å². The van der Waals surface area contributed by atoms with Crippen molar-refractivity contribution in [1.82, 2.24) is 4.90 Å². The van der Waals surface area contributed by atoms with E-state index in [2.05, 4.69) is 4.74 Å². The van der Waals surface area contributed by atoms with Crippen LogP contribution in [0.5, 0.6) is 23.0 Å². The van der Waals surface area contributed by atoms with Crippen molar-refractivity contribution in [2.45, 2.75) is 39.8 Å². The Labute approximate surface area is 181 Å². The molecule has 31 heavy (non-hydrogen) atoms. The molecule has 0 spiro atoms. The molecule has 0 aromatic heterocycles. The van der Waals surface area contributed by atoms with Gasteiger partial charge in [0.15, 0.2) is 23.0 Å². The molecular weight excluding hydrogens is 408 g/mol. The Balaban J connectivity index is 2.26. The van der Waals surface area contributed by atoms with E-state index in [9.17, 15) is 13.6 Å². The third-order valence-electron chi connectivity index (χ3n) is 4.47. The average molecular weight is 437 g/mol. The van der Waals surface area contributed by atoms with Crippen molar-refractivity contribution >= 4 is 5.91 Å². The van der Waals surface area contributed by atoms with Gasteiger partial charge in [0.25, 0.3) is 5.91 Å². The summed E-state index contributed by atoms with van der Waals surface area (Å²) in [6, 6.07) is 9.78. The molecule has 0 N–H and O–H groups in total. The Bertz CT molecular complexity index is 860. The fourth-order valence-electron chi connectivity index (χ4n) is 3.06. The summed E-state index contributed by atoms with van der Waals surface area (Å²) in [5.41, 5.74) is 1.10. The summed E-state index contributed by atoms with van der Waals surface area (Å²) in [5, 5.41) is 0. The number of amides is 1. The molecular formula is C23H29F2NO5. The first-order valence-corrected chi connectivity index (χ1v) is 10.1. The molecule has 170 valence electrons. The van der Waals surface area contributed by atoms with Gasteiger partial charge in [-0.1, -0.05) is 19.9 Å². The Hall–Kier alpha value is -3.03. The standard InChI is InChI=1S/C23H29F2NO5/c1-5-11-26(15-16-7-9-19(30-12-6-2)20(13-16)29-4)22(27)17-8-10-18(28-3)21(14-17)31-23(24)25/h7-10,13-14,23H,5-6,11-12,15H2,1-4H3. The predicted molar refractivity (Wildman–Crippen MR) is 113 cm³/mol. The lowest BCUT2D eigenvalue weighted by Crippen LogP contribution is -2.31. The number of nitrogens with zero attached hydrogens (tertiary/aromatic N) is 1. The van der Waals surface area contributed by atoms with Gasteiger partial charge in [-0.25, -0.2) is 0 Å². The predicted octanol–water partition coefficient (Wildman–Crippen LogP) is 5.15. The Morgan fingerprint density at radius 3 is 2.26 bits per heavy atom. The summed E-state index contributed by atoms with van der Waals surface area (Å²) >= 11 is 0. The van der Waals surface area contributed by atoms with E-state index in [0.717, 1.165) is 18.4 Å². The van der Waals surface area contributed by atoms with Gasteiger partial charge in [-0.05, 0) is 48.7 Å². The first kappa shape index (κ1) is 24.2. The highest BCUT2D eigenvalue weighted by molar-refractivity contribution is 5.95. The molecule has 0 atom stereocenters. The van der Waals surface area contributed by atoms with Crippen LogP contribution in [0.25, 0.3) is 0 Å². The molecule has 0 bridgehead atoms. The van der Waals surface area contributed by atoms with Crippen LogP contribution in [0.15, 0.2) is 36.4 Å². The molecule has 0 saturated heterocycles. The van der Waals surface area contributed by atoms with E-state index < -0.39 is 6.61 Å². The number of hydrogen-bond acceptors (Lipinski definition) is 5. The minimum atomic E-state index is -3.02. The molecule has 8 heteroatoms. The van der Waals surface area contributed by atoms with Crippen LogP contribution in [0, 0.1) is 0 Å². The molecule has 0 unspecified atom stereocenters. The number of alkyl halides is 2. The van der Waals surface area contributed by atoms with Crippen LogP contribution in [-0.2, 0) is 6.54 Å². The molecule has 0 heterocycles. The van der Waals surface area contributed by atoms with Crippen molar-refractivity contribution in [2.75, 3.05) is 27.4 Å². The van der Waals surface area contributed by atoms with Gasteiger partial charge in [-0.3, -0.25) is 4.79 Å². The van der Waals surface area contributed by atoms with Crippen LogP contribution < -0.4 is 18.9 Å². The molecule has 0 radical (unpaired) electrons. The van der Waals surface area contributed by atoms with Gasteiger partial charge >= 0.3 is 6.61 Å². The van der Waals surface area contributed by atoms with Crippen molar-refractivity contribution in [3.63, 3.8) is 0 Å². The zero-order valence-electron chi connectivity index (χ0n) is 18.3. The maximum Gasteiger partial charge on any atom is 0.387 e. The van der Waals surface area contributed by atoms with E-state index in [4.69, 9.17) is 14.2 Å². The monoisotopic (exact) mass is 437 g/mol. The second kappa shape index (κ2) is 12.0. The number of halogens is 2. The van der Waals surface area contributed by atoms with E-state index in [1.807, 2.05) is 32.0 Å². The lowest BCUT2D eigenvalue weighted by Gasteiger charge is -2.23. The first-order valence-electron chi connectivity index (χ1n) is 10.1. The summed E-state index contributed by atoms with van der Waals surface area (Å²) in [6.07, 6.45) is 1.61. The summed E-state index contributed by atoms with van der Waals surface area (Å²) in [4.78, 5) is 14.8. The maximum atomic E-state index is 13.1. The second-order valence-electron chi connectivity index (χ2n) is 6.80. The van der Waals surface area contributed by atoms with Crippen molar-refractivity contribution in [2.24, 2.45) is 0 Å². The second-order valence-corrected chi connectivity index (χ2v) is 6.80. The summed E-state index contributed by atoms with van der Waals surface area (Å²) in [6.45, 7) is 2.36. The average Bonchev–Trinajstić information content (AvgIpc) is 2.76. The molecule has 6 nitrogen and oxygen atoms in total. The van der Waals surface area contributed by atoms with Crippen molar-refractivity contribution in [1.29, 1.82) is 0 Å². The van der Waals surface area contributed by atoms with E-state index in [0.29, 0.717) is 31.2 Å². The smallest absolute Gasteiger partial charge is 0.387 e. The van der Waals surface area contributed by atoms with Gasteiger partial charge in [0.1, 0.15) is 0 Å². The van der Waals surface area contributed by atoms with Crippen LogP contribution in [0.4, 0.5) is 8.78 Å². The number of ether oxygens (including phenoxy) is 4. The summed E-state index contributed by atoms with van der Waals surface area (Å²) in [5.74, 6) is 0.886. The number of carbonyl (C=O) groups excluding carboxylic acids is 1. The van der Waals surface area contributed by atoms with E-state index in [-0.39, 0.29) is 23.0 Å². The number of carbonyl (C=O) groups is 1. The molecule has 1 amide bonds. The van der Waals surface area contributed by atoms with Crippen LogP contribution in [0.1, 0.15) is 42.6 Å². The zero-order chi connectivity index (χ0) is 22.8. The third kappa shape index (κ3) is 6.73. The highest BCUT2D eigenvalue weighted by Crippen LogP contribution is 2.31. The number of hydrogen-bond donors (Lipinski definition) is 0. The molecule has 0 aliphatic rings. The molecule has 0 fully saturated rings. The molecule has 2 aromatic rings. The van der Waals surface area contributed by atoms with Crippen molar-refractivity contribution in [3.05, 3.63) is 47.5 Å². The number of methoxy groups -OCH3 is 2. The third-order valence-corrected chi connectivity index (χ3v) is 4.47. The van der Waals surface area contributed by atoms with Crippen molar-refractivity contribution in [3.8, 4) is 23.0 Å². The minimum absolute atomic E-state index is 0.131. The van der Waals surface area contributed by atoms with Crippen molar-refractivity contribution < 1.29 is 32.5 Å². The Morgan fingerprint density at radius 2 is 1.65 bits per heavy atom. The Kier molecular flexibility index (Phi) is 9.37. The summed E-state index contributed by atoms with van der Waals surface area (Å²) < 4.78 is 46.1. The quantitative estimate of drug-likeness (QED) is 0.460. The molecule has 0 aliphatic carbocycles. The van der Waals surface area contributed by atoms with Crippen LogP contribution >= 0.6 is 0 Å². The fraction of sp³-hybridized carbons (Fsp3) is 0.435. The molecule has 2 rings (SSSR count). The lowest BCUT2D eigenvalue weighted by molar-refractivity contribution is -0.0512. The Morgan fingerprint density at radius 1 is 0.935 bits per heavy atom. The molecule has 2 aromatic carbocycles. The fourth-order valence-corrected chi connectivity index (χ4v) is 3.06. The molecule has 0 saturated carbocycles. The van der Waals surface area contributed by atoms with Gasteiger partial charge in [-0.15, -0.1) is 0 Å². The minimum Gasteiger partial charge on any atom is -0.493 e. The van der Waals surface area contributed by atoms with Crippen LogP contribution in [0.3, 0.4) is 0 Å². The van der Waals surface area contributed by atoms with E-state index in [1.165, 1.54) is 25.3 Å². The maximum absolute atomic E-state index is 13.1. The highest BCUT2D eigenvalue weighted by Gasteiger charge is 2.20. The largest absolute Gasteiger partial charge is 0.493 e. The number of rotatable bonds is 12. The normalized spacial score (nSPS) is 10.7. The van der Waals surface area contributed by atoms with Gasteiger partial charge < -0.3 is 23.8 Å². The van der Waals surface area contributed by atoms with E-state index >= 15 is 0 Å². The lowest BCUT2D eigenvalue weighted by atomic mass is 10.1. The zero-order valence-corrected chi connectivity index (χ0v) is 18.3. The first-order chi connectivity index (χ1) is 14.9. The molecule has 0 aliphatic heterocycles. The summed E-state index contributed by atoms with van der Waals surface area (Å²) in [7, 11) is 2.91. The van der Waals surface area contributed by atoms with Gasteiger partial charge in [-0.2, -0.15) is 8.78 Å². The number of benzene rings is 2. The topological polar surface area (TPSA) is 57.2 Å². The van der Waals surface area contributed by atoms with E-state index in [1.54, 1.807) is 12.0 Å². The SMILES string of the molecule is CCCOc1ccc(CN(CCC)C(=O)c2ccc(OC)c(OC(F)F)c2)cc1OC. The highest BCUT2D eigenvalue weighted by atomic mass is 19.3. The van der Waals surface area contributed by atoms with Gasteiger partial charge in [0.05, 0.1) is 20.8 Å². The van der Waals surface area contributed by atoms with Crippen LogP contribution in [0.2, 0.25) is 0 Å².